The summed E-state index contributed by atoms with van der Waals surface area (Å²) in [5.41, 5.74) is 7.86. The molecule has 1 amide bonds. The number of esters is 1. The summed E-state index contributed by atoms with van der Waals surface area (Å²) in [6.45, 7) is 7.35. The van der Waals surface area contributed by atoms with E-state index in [9.17, 15) is 14.9 Å². The average molecular weight is 354 g/mol. The van der Waals surface area contributed by atoms with Crippen molar-refractivity contribution in [3.05, 3.63) is 41.2 Å². The largest absolute Gasteiger partial charge is 0.464 e. The van der Waals surface area contributed by atoms with Crippen LogP contribution in [0.4, 0.5) is 11.4 Å². The van der Waals surface area contributed by atoms with Gasteiger partial charge in [0, 0.05) is 23.0 Å². The molecule has 26 heavy (non-hydrogen) atoms. The highest BCUT2D eigenvalue weighted by molar-refractivity contribution is 5.96. The number of nitrogens with zero attached hydrogens (tertiary/aromatic N) is 2. The number of hydrogen-bond donors (Lipinski definition) is 2. The Morgan fingerprint density at radius 2 is 1.96 bits per heavy atom. The molecule has 0 fully saturated rings. The first-order valence-electron chi connectivity index (χ1n) is 8.02. The van der Waals surface area contributed by atoms with Crippen molar-refractivity contribution >= 4 is 23.3 Å². The fourth-order valence-electron chi connectivity index (χ4n) is 2.37. The zero-order chi connectivity index (χ0) is 19.6. The Balaban J connectivity index is 2.49. The molecule has 0 bridgehead atoms. The van der Waals surface area contributed by atoms with Gasteiger partial charge in [-0.3, -0.25) is 4.79 Å². The molecule has 1 aromatic carbocycles. The maximum atomic E-state index is 12.2. The van der Waals surface area contributed by atoms with Crippen molar-refractivity contribution in [2.75, 3.05) is 18.2 Å². The molecule has 0 saturated heterocycles. The maximum Gasteiger partial charge on any atom is 0.357 e. The molecule has 0 saturated carbocycles. The molecule has 2 aromatic rings. The quantitative estimate of drug-likeness (QED) is 0.823. The molecule has 3 N–H and O–H groups in total. The first-order valence-corrected chi connectivity index (χ1v) is 8.02. The van der Waals surface area contributed by atoms with Gasteiger partial charge in [-0.2, -0.15) is 5.26 Å². The van der Waals surface area contributed by atoms with E-state index in [1.165, 1.54) is 17.9 Å². The van der Waals surface area contributed by atoms with Gasteiger partial charge in [0.25, 0.3) is 0 Å². The Bertz CT molecular complexity index is 914. The van der Waals surface area contributed by atoms with Gasteiger partial charge in [0.2, 0.25) is 5.91 Å². The summed E-state index contributed by atoms with van der Waals surface area (Å²) in [5, 5.41) is 12.1. The normalized spacial score (nSPS) is 10.9. The van der Waals surface area contributed by atoms with Gasteiger partial charge in [0.05, 0.1) is 18.4 Å². The molecule has 0 aliphatic rings. The molecule has 0 aliphatic heterocycles. The molecule has 0 aliphatic carbocycles. The van der Waals surface area contributed by atoms with Crippen molar-refractivity contribution in [1.29, 1.82) is 5.26 Å². The van der Waals surface area contributed by atoms with Crippen LogP contribution in [-0.4, -0.2) is 23.6 Å². The zero-order valence-electron chi connectivity index (χ0n) is 15.5. The zero-order valence-corrected chi connectivity index (χ0v) is 15.5. The number of hydrogen-bond acceptors (Lipinski definition) is 5. The third kappa shape index (κ3) is 3.54. The number of benzene rings is 1. The predicted molar refractivity (Wildman–Crippen MR) is 99.1 cm³/mol. The van der Waals surface area contributed by atoms with Gasteiger partial charge in [-0.15, -0.1) is 0 Å². The number of aromatic nitrogens is 1. The van der Waals surface area contributed by atoms with Crippen molar-refractivity contribution in [1.82, 2.24) is 4.57 Å². The smallest absolute Gasteiger partial charge is 0.357 e. The van der Waals surface area contributed by atoms with Crippen molar-refractivity contribution in [3.8, 4) is 11.8 Å². The van der Waals surface area contributed by atoms with Crippen LogP contribution >= 0.6 is 0 Å². The van der Waals surface area contributed by atoms with E-state index >= 15 is 0 Å². The summed E-state index contributed by atoms with van der Waals surface area (Å²) in [6.07, 6.45) is 1.49. The SMILES string of the molecule is COC(=O)c1c(N)c(C#N)cn1-c1ccc(NC(=O)C(C)(C)C)c(C)c1. The van der Waals surface area contributed by atoms with Crippen LogP contribution in [0.2, 0.25) is 0 Å². The lowest BCUT2D eigenvalue weighted by Crippen LogP contribution is -2.27. The molecule has 7 nitrogen and oxygen atoms in total. The van der Waals surface area contributed by atoms with Crippen LogP contribution in [0.5, 0.6) is 0 Å². The molecular formula is C19H22N4O3. The van der Waals surface area contributed by atoms with E-state index in [2.05, 4.69) is 5.32 Å². The van der Waals surface area contributed by atoms with Crippen molar-refractivity contribution in [2.45, 2.75) is 27.7 Å². The number of nitrogens with two attached hydrogens (primary N) is 1. The Labute approximate surface area is 152 Å². The number of nitrogen functional groups attached to an aromatic ring is 1. The topological polar surface area (TPSA) is 110 Å². The summed E-state index contributed by atoms with van der Waals surface area (Å²) in [7, 11) is 1.25. The summed E-state index contributed by atoms with van der Waals surface area (Å²) in [6, 6.07) is 7.24. The van der Waals surface area contributed by atoms with Gasteiger partial charge in [-0.25, -0.2) is 4.79 Å². The van der Waals surface area contributed by atoms with Gasteiger partial charge >= 0.3 is 5.97 Å². The first-order chi connectivity index (χ1) is 12.1. The highest BCUT2D eigenvalue weighted by Gasteiger charge is 2.23. The van der Waals surface area contributed by atoms with E-state index in [1.807, 2.05) is 33.8 Å². The minimum absolute atomic E-state index is 0.0714. The van der Waals surface area contributed by atoms with E-state index < -0.39 is 11.4 Å². The number of carbonyl (C=O) groups excluding carboxylic acids is 2. The fourth-order valence-corrected chi connectivity index (χ4v) is 2.37. The number of ether oxygens (including phenoxy) is 1. The third-order valence-corrected chi connectivity index (χ3v) is 3.96. The van der Waals surface area contributed by atoms with E-state index in [0.29, 0.717) is 11.4 Å². The average Bonchev–Trinajstić information content (AvgIpc) is 2.91. The Hall–Kier alpha value is -3.27. The van der Waals surface area contributed by atoms with Crippen LogP contribution in [0.25, 0.3) is 5.69 Å². The molecule has 0 radical (unpaired) electrons. The summed E-state index contributed by atoms with van der Waals surface area (Å²) in [5.74, 6) is -0.729. The van der Waals surface area contributed by atoms with Gasteiger partial charge < -0.3 is 20.4 Å². The molecule has 2 rings (SSSR count). The van der Waals surface area contributed by atoms with Crippen molar-refractivity contribution in [3.63, 3.8) is 0 Å². The summed E-state index contributed by atoms with van der Waals surface area (Å²) >= 11 is 0. The van der Waals surface area contributed by atoms with Gasteiger partial charge in [-0.1, -0.05) is 20.8 Å². The summed E-state index contributed by atoms with van der Waals surface area (Å²) in [4.78, 5) is 24.3. The standard InChI is InChI=1S/C19H22N4O3/c1-11-8-13(6-7-14(11)22-18(25)19(2,3)4)23-10-12(9-20)15(21)16(23)17(24)26-5/h6-8,10H,21H2,1-5H3,(H,22,25). The van der Waals surface area contributed by atoms with E-state index in [0.717, 1.165) is 5.56 Å². The van der Waals surface area contributed by atoms with Gasteiger partial charge in [-0.05, 0) is 30.7 Å². The number of nitrogens with one attached hydrogen (secondary N) is 1. The highest BCUT2D eigenvalue weighted by Crippen LogP contribution is 2.27. The number of nitriles is 1. The van der Waals surface area contributed by atoms with Crippen LogP contribution < -0.4 is 11.1 Å². The lowest BCUT2D eigenvalue weighted by atomic mass is 9.95. The number of anilines is 2. The maximum absolute atomic E-state index is 12.2. The number of carbonyl (C=O) groups is 2. The first kappa shape index (κ1) is 19.1. The van der Waals surface area contributed by atoms with E-state index in [4.69, 9.17) is 10.5 Å². The van der Waals surface area contributed by atoms with E-state index in [1.54, 1.807) is 18.2 Å². The Morgan fingerprint density at radius 1 is 1.31 bits per heavy atom. The Morgan fingerprint density at radius 3 is 2.46 bits per heavy atom. The van der Waals surface area contributed by atoms with Crippen LogP contribution in [0.1, 0.15) is 42.4 Å². The molecule has 7 heteroatoms. The van der Waals surface area contributed by atoms with Gasteiger partial charge in [0.15, 0.2) is 5.69 Å². The fraction of sp³-hybridized carbons (Fsp3) is 0.316. The molecule has 0 atom stereocenters. The molecule has 1 heterocycles. The van der Waals surface area contributed by atoms with E-state index in [-0.39, 0.29) is 22.9 Å². The second-order valence-electron chi connectivity index (χ2n) is 6.98. The van der Waals surface area contributed by atoms with Crippen molar-refractivity contribution < 1.29 is 14.3 Å². The molecule has 136 valence electrons. The van der Waals surface area contributed by atoms with Crippen LogP contribution in [0.3, 0.4) is 0 Å². The lowest BCUT2D eigenvalue weighted by Gasteiger charge is -2.19. The number of amides is 1. The van der Waals surface area contributed by atoms with Crippen LogP contribution in [0, 0.1) is 23.7 Å². The Kier molecular flexibility index (Phi) is 5.07. The molecule has 1 aromatic heterocycles. The second-order valence-corrected chi connectivity index (χ2v) is 6.98. The van der Waals surface area contributed by atoms with Crippen molar-refractivity contribution in [2.24, 2.45) is 5.41 Å². The van der Waals surface area contributed by atoms with Gasteiger partial charge in [0.1, 0.15) is 6.07 Å². The lowest BCUT2D eigenvalue weighted by molar-refractivity contribution is -0.123. The molecule has 0 unspecified atom stereocenters. The third-order valence-electron chi connectivity index (χ3n) is 3.96. The summed E-state index contributed by atoms with van der Waals surface area (Å²) < 4.78 is 6.29. The monoisotopic (exact) mass is 354 g/mol. The number of methoxy groups -OCH3 is 1. The molecular weight excluding hydrogens is 332 g/mol. The van der Waals surface area contributed by atoms with Crippen LogP contribution in [0.15, 0.2) is 24.4 Å². The minimum Gasteiger partial charge on any atom is -0.464 e. The number of aryl methyl sites for hydroxylation is 1. The minimum atomic E-state index is -0.633. The second kappa shape index (κ2) is 6.92. The number of rotatable bonds is 3. The van der Waals surface area contributed by atoms with Crippen LogP contribution in [-0.2, 0) is 9.53 Å². The highest BCUT2D eigenvalue weighted by atomic mass is 16.5. The predicted octanol–water partition coefficient (Wildman–Crippen LogP) is 3.01. The molecule has 0 spiro atoms.